The number of likely N-dealkylation sites (N-methyl/N-ethyl adjacent to an activating group) is 1. The van der Waals surface area contributed by atoms with E-state index in [1.54, 1.807) is 6.20 Å². The second-order valence-corrected chi connectivity index (χ2v) is 9.05. The molecule has 1 N–H and O–H groups in total. The van der Waals surface area contributed by atoms with Gasteiger partial charge in [0.25, 0.3) is 0 Å². The highest BCUT2D eigenvalue weighted by Crippen LogP contribution is 2.39. The van der Waals surface area contributed by atoms with Crippen molar-refractivity contribution in [2.75, 3.05) is 48.5 Å². The predicted octanol–water partition coefficient (Wildman–Crippen LogP) is 4.10. The van der Waals surface area contributed by atoms with Crippen LogP contribution in [-0.2, 0) is 20.8 Å². The van der Waals surface area contributed by atoms with Gasteiger partial charge in [-0.2, -0.15) is 0 Å². The van der Waals surface area contributed by atoms with Gasteiger partial charge in [-0.3, -0.25) is 4.79 Å². The Hall–Kier alpha value is -2.64. The molecule has 32 heavy (non-hydrogen) atoms. The molecule has 1 aromatic heterocycles. The number of fused-ring (bicyclic) bond motifs is 2. The summed E-state index contributed by atoms with van der Waals surface area (Å²) in [5.41, 5.74) is 3.93. The van der Waals surface area contributed by atoms with Gasteiger partial charge in [0.1, 0.15) is 5.82 Å². The zero-order chi connectivity index (χ0) is 21.9. The molecular formula is C25H32N4O3. The maximum Gasteiger partial charge on any atom is 0.230 e. The fourth-order valence-corrected chi connectivity index (χ4v) is 4.97. The second-order valence-electron chi connectivity index (χ2n) is 9.05. The van der Waals surface area contributed by atoms with Crippen molar-refractivity contribution >= 4 is 28.8 Å². The molecule has 0 bridgehead atoms. The van der Waals surface area contributed by atoms with Crippen LogP contribution < -0.4 is 15.1 Å². The van der Waals surface area contributed by atoms with E-state index in [2.05, 4.69) is 46.5 Å². The van der Waals surface area contributed by atoms with Gasteiger partial charge in [0, 0.05) is 37.0 Å². The Bertz CT molecular complexity index is 954. The molecule has 1 atom stereocenters. The van der Waals surface area contributed by atoms with Gasteiger partial charge in [-0.25, -0.2) is 4.98 Å². The average Bonchev–Trinajstić information content (AvgIpc) is 3.01. The van der Waals surface area contributed by atoms with E-state index in [-0.39, 0.29) is 17.9 Å². The van der Waals surface area contributed by atoms with E-state index in [9.17, 15) is 4.79 Å². The lowest BCUT2D eigenvalue weighted by Gasteiger charge is -2.31. The minimum atomic E-state index is 0.0547. The van der Waals surface area contributed by atoms with E-state index in [1.165, 1.54) is 6.42 Å². The number of ether oxygens (including phenoxy) is 2. The van der Waals surface area contributed by atoms with E-state index in [0.29, 0.717) is 26.4 Å². The zero-order valence-corrected chi connectivity index (χ0v) is 18.8. The summed E-state index contributed by atoms with van der Waals surface area (Å²) >= 11 is 0. The molecule has 1 aliphatic carbocycles. The second kappa shape index (κ2) is 9.46. The van der Waals surface area contributed by atoms with E-state index in [1.807, 2.05) is 11.0 Å². The van der Waals surface area contributed by atoms with E-state index < -0.39 is 0 Å². The molecule has 2 fully saturated rings. The third kappa shape index (κ3) is 4.45. The van der Waals surface area contributed by atoms with Crippen LogP contribution in [0, 0.1) is 5.92 Å². The monoisotopic (exact) mass is 436 g/mol. The lowest BCUT2D eigenvalue weighted by molar-refractivity contribution is -0.123. The van der Waals surface area contributed by atoms with Crippen LogP contribution in [0.3, 0.4) is 0 Å². The number of hydrogen-bond donors (Lipinski definition) is 1. The zero-order valence-electron chi connectivity index (χ0n) is 18.8. The third-order valence-electron chi connectivity index (χ3n) is 6.77. The molecule has 0 spiro atoms. The normalized spacial score (nSPS) is 21.2. The Morgan fingerprint density at radius 1 is 1.22 bits per heavy atom. The maximum absolute atomic E-state index is 13.7. The van der Waals surface area contributed by atoms with E-state index >= 15 is 0 Å². The molecule has 7 heteroatoms. The first-order chi connectivity index (χ1) is 15.7. The average molecular weight is 437 g/mol. The fourth-order valence-electron chi connectivity index (χ4n) is 4.97. The summed E-state index contributed by atoms with van der Waals surface area (Å²) in [5.74, 6) is 1.15. The lowest BCUT2D eigenvalue weighted by Crippen LogP contribution is -2.39. The number of anilines is 4. The van der Waals surface area contributed by atoms with Crippen molar-refractivity contribution in [2.24, 2.45) is 5.92 Å². The van der Waals surface area contributed by atoms with E-state index in [4.69, 9.17) is 9.47 Å². The van der Waals surface area contributed by atoms with E-state index in [0.717, 1.165) is 60.7 Å². The first-order valence-electron chi connectivity index (χ1n) is 11.8. The molecule has 2 aliphatic heterocycles. The smallest absolute Gasteiger partial charge is 0.230 e. The van der Waals surface area contributed by atoms with Gasteiger partial charge in [0.2, 0.25) is 5.91 Å². The van der Waals surface area contributed by atoms with Crippen LogP contribution >= 0.6 is 0 Å². The highest BCUT2D eigenvalue weighted by atomic mass is 16.6. The van der Waals surface area contributed by atoms with Crippen LogP contribution in [0.5, 0.6) is 0 Å². The van der Waals surface area contributed by atoms with Crippen molar-refractivity contribution in [2.45, 2.75) is 44.8 Å². The van der Waals surface area contributed by atoms with Crippen LogP contribution in [-0.4, -0.2) is 50.4 Å². The summed E-state index contributed by atoms with van der Waals surface area (Å²) in [5, 5.41) is 3.47. The predicted molar refractivity (Wildman–Crippen MR) is 126 cm³/mol. The van der Waals surface area contributed by atoms with Gasteiger partial charge >= 0.3 is 0 Å². The van der Waals surface area contributed by atoms with Crippen molar-refractivity contribution in [1.29, 1.82) is 0 Å². The van der Waals surface area contributed by atoms with Gasteiger partial charge in [0.05, 0.1) is 43.8 Å². The number of rotatable bonds is 4. The van der Waals surface area contributed by atoms with Gasteiger partial charge in [-0.1, -0.05) is 25.3 Å². The third-order valence-corrected chi connectivity index (χ3v) is 6.77. The number of benzene rings is 1. The van der Waals surface area contributed by atoms with Gasteiger partial charge in [-0.05, 0) is 37.1 Å². The Morgan fingerprint density at radius 3 is 2.91 bits per heavy atom. The number of nitrogens with one attached hydrogen (secondary N) is 1. The van der Waals surface area contributed by atoms with Gasteiger partial charge in [-0.15, -0.1) is 0 Å². The molecule has 170 valence electrons. The van der Waals surface area contributed by atoms with Crippen LogP contribution in [0.4, 0.5) is 22.9 Å². The summed E-state index contributed by atoms with van der Waals surface area (Å²) in [6, 6.07) is 10.3. The van der Waals surface area contributed by atoms with Crippen LogP contribution in [0.2, 0.25) is 0 Å². The van der Waals surface area contributed by atoms with Crippen molar-refractivity contribution < 1.29 is 14.3 Å². The Labute approximate surface area is 189 Å². The topological polar surface area (TPSA) is 66.9 Å². The molecule has 1 amide bonds. The Kier molecular flexibility index (Phi) is 6.28. The van der Waals surface area contributed by atoms with Crippen molar-refractivity contribution in [3.05, 3.63) is 42.1 Å². The van der Waals surface area contributed by atoms with Gasteiger partial charge < -0.3 is 24.6 Å². The van der Waals surface area contributed by atoms with Crippen LogP contribution in [0.25, 0.3) is 0 Å². The number of hydrogen-bond acceptors (Lipinski definition) is 6. The number of amides is 1. The van der Waals surface area contributed by atoms with Crippen molar-refractivity contribution in [1.82, 2.24) is 4.98 Å². The quantitative estimate of drug-likeness (QED) is 0.778. The molecule has 5 rings (SSSR count). The van der Waals surface area contributed by atoms with Crippen molar-refractivity contribution in [3.8, 4) is 0 Å². The molecule has 1 saturated heterocycles. The molecule has 7 nitrogen and oxygen atoms in total. The first kappa shape index (κ1) is 21.2. The number of aromatic nitrogens is 1. The standard InChI is InChI=1S/C25H32N4O3/c1-28(16-21-17-31-12-13-32-21)20-9-10-22-23(14-20)29(25(30)18-6-3-2-4-7-18)15-19-8-5-11-26-24(19)27-22/h5,8-11,14,18,21H,2-4,6-7,12-13,15-17H2,1H3,(H,26,27). The lowest BCUT2D eigenvalue weighted by atomic mass is 9.88. The fraction of sp³-hybridized carbons (Fsp3) is 0.520. The Morgan fingerprint density at radius 2 is 2.09 bits per heavy atom. The highest BCUT2D eigenvalue weighted by molar-refractivity contribution is 6.00. The van der Waals surface area contributed by atoms with Gasteiger partial charge in [0.15, 0.2) is 0 Å². The first-order valence-corrected chi connectivity index (χ1v) is 11.8. The largest absolute Gasteiger partial charge is 0.376 e. The molecular weight excluding hydrogens is 404 g/mol. The number of pyridine rings is 1. The summed E-state index contributed by atoms with van der Waals surface area (Å²) in [7, 11) is 2.06. The summed E-state index contributed by atoms with van der Waals surface area (Å²) in [4.78, 5) is 22.4. The maximum atomic E-state index is 13.7. The molecule has 1 saturated carbocycles. The molecule has 0 radical (unpaired) electrons. The minimum Gasteiger partial charge on any atom is -0.376 e. The van der Waals surface area contributed by atoms with Crippen LogP contribution in [0.1, 0.15) is 37.7 Å². The summed E-state index contributed by atoms with van der Waals surface area (Å²) < 4.78 is 11.4. The number of nitrogens with zero attached hydrogens (tertiary/aromatic N) is 3. The Balaban J connectivity index is 1.46. The summed E-state index contributed by atoms with van der Waals surface area (Å²) in [6.07, 6.45) is 7.32. The molecule has 3 aliphatic rings. The minimum absolute atomic E-state index is 0.0547. The molecule has 1 aromatic carbocycles. The molecule has 1 unspecified atom stereocenters. The summed E-state index contributed by atoms with van der Waals surface area (Å²) in [6.45, 7) is 3.19. The number of carbonyl (C=O) groups is 1. The van der Waals surface area contributed by atoms with Crippen LogP contribution in [0.15, 0.2) is 36.5 Å². The highest BCUT2D eigenvalue weighted by Gasteiger charge is 2.31. The molecule has 3 heterocycles. The number of carbonyl (C=O) groups excluding carboxylic acids is 1. The molecule has 2 aromatic rings. The van der Waals surface area contributed by atoms with Crippen molar-refractivity contribution in [3.63, 3.8) is 0 Å². The SMILES string of the molecule is CN(CC1COCCO1)c1ccc2c(c1)N(C(=O)C1CCCCC1)Cc1cccnc1N2.